The van der Waals surface area contributed by atoms with Gasteiger partial charge in [0.05, 0.1) is 23.4 Å². The molecule has 5 heterocycles. The molecule has 1 amide bonds. The van der Waals surface area contributed by atoms with E-state index in [2.05, 4.69) is 32.4 Å². The highest BCUT2D eigenvalue weighted by Crippen LogP contribution is 2.36. The Balaban J connectivity index is 1.32. The third-order valence-electron chi connectivity index (χ3n) is 7.25. The molecule has 6 aromatic rings. The first-order valence-corrected chi connectivity index (χ1v) is 12.9. The molecule has 0 spiro atoms. The molecule has 1 aliphatic rings. The molecule has 0 bridgehead atoms. The molecule has 40 heavy (non-hydrogen) atoms. The summed E-state index contributed by atoms with van der Waals surface area (Å²) in [5.74, 6) is 1.31. The predicted octanol–water partition coefficient (Wildman–Crippen LogP) is 4.84. The molecule has 1 aromatic carbocycles. The van der Waals surface area contributed by atoms with Crippen molar-refractivity contribution in [1.29, 1.82) is 0 Å². The number of amides is 1. The van der Waals surface area contributed by atoms with E-state index in [0.717, 1.165) is 29.7 Å². The Morgan fingerprint density at radius 3 is 2.73 bits per heavy atom. The number of aromatic nitrogens is 6. The summed E-state index contributed by atoms with van der Waals surface area (Å²) in [4.78, 5) is 35.6. The molecule has 1 aliphatic carbocycles. The highest BCUT2D eigenvalue weighted by molar-refractivity contribution is 5.95. The van der Waals surface area contributed by atoms with Crippen molar-refractivity contribution in [3.8, 4) is 28.7 Å². The third-order valence-corrected chi connectivity index (χ3v) is 7.25. The molecular formula is C30H24N8O2. The second-order valence-electron chi connectivity index (χ2n) is 9.67. The number of imidazole rings is 1. The Morgan fingerprint density at radius 1 is 1.02 bits per heavy atom. The van der Waals surface area contributed by atoms with Crippen LogP contribution in [0.3, 0.4) is 0 Å². The molecule has 0 unspecified atom stereocenters. The second-order valence-corrected chi connectivity index (χ2v) is 9.67. The van der Waals surface area contributed by atoms with E-state index in [4.69, 9.17) is 20.1 Å². The van der Waals surface area contributed by atoms with Crippen molar-refractivity contribution < 1.29 is 9.21 Å². The molecule has 1 atom stereocenters. The quantitative estimate of drug-likeness (QED) is 0.324. The number of oxazole rings is 1. The minimum Gasteiger partial charge on any atom is -0.443 e. The number of carbonyl (C=O) groups is 1. The van der Waals surface area contributed by atoms with Gasteiger partial charge in [0.15, 0.2) is 11.5 Å². The van der Waals surface area contributed by atoms with Gasteiger partial charge in [-0.15, -0.1) is 0 Å². The van der Waals surface area contributed by atoms with E-state index in [-0.39, 0.29) is 11.9 Å². The van der Waals surface area contributed by atoms with Crippen molar-refractivity contribution >= 4 is 22.9 Å². The zero-order valence-electron chi connectivity index (χ0n) is 21.6. The maximum atomic E-state index is 13.0. The number of benzene rings is 1. The van der Waals surface area contributed by atoms with Crippen LogP contribution in [0.1, 0.15) is 39.6 Å². The van der Waals surface area contributed by atoms with Gasteiger partial charge in [0, 0.05) is 23.8 Å². The Labute approximate surface area is 229 Å². The fraction of sp³-hybridized carbons (Fsp3) is 0.133. The molecule has 10 heteroatoms. The molecule has 5 aromatic heterocycles. The molecule has 0 aliphatic heterocycles. The van der Waals surface area contributed by atoms with Crippen LogP contribution in [0.4, 0.5) is 5.82 Å². The number of hydrogen-bond acceptors (Lipinski definition) is 8. The third kappa shape index (κ3) is 3.97. The largest absolute Gasteiger partial charge is 0.443 e. The summed E-state index contributed by atoms with van der Waals surface area (Å²) in [6.07, 6.45) is 8.09. The fourth-order valence-electron chi connectivity index (χ4n) is 5.31. The molecule has 7 rings (SSSR count). The highest BCUT2D eigenvalue weighted by Gasteiger charge is 2.27. The van der Waals surface area contributed by atoms with Gasteiger partial charge in [-0.3, -0.25) is 14.3 Å². The van der Waals surface area contributed by atoms with Gasteiger partial charge < -0.3 is 15.5 Å². The molecular weight excluding hydrogens is 504 g/mol. The van der Waals surface area contributed by atoms with Gasteiger partial charge in [-0.25, -0.2) is 19.9 Å². The highest BCUT2D eigenvalue weighted by atomic mass is 16.3. The number of nitrogens with two attached hydrogens (primary N) is 1. The number of rotatable bonds is 5. The lowest BCUT2D eigenvalue weighted by Crippen LogP contribution is -2.27. The van der Waals surface area contributed by atoms with Crippen molar-refractivity contribution in [2.24, 2.45) is 0 Å². The monoisotopic (exact) mass is 528 g/mol. The first-order chi connectivity index (χ1) is 19.6. The molecule has 10 nitrogen and oxygen atoms in total. The molecule has 3 N–H and O–H groups in total. The summed E-state index contributed by atoms with van der Waals surface area (Å²) in [6, 6.07) is 17.2. The molecule has 0 saturated carbocycles. The van der Waals surface area contributed by atoms with Crippen LogP contribution in [0.25, 0.3) is 39.8 Å². The van der Waals surface area contributed by atoms with E-state index in [9.17, 15) is 4.79 Å². The van der Waals surface area contributed by atoms with Gasteiger partial charge in [0.25, 0.3) is 5.91 Å². The normalized spacial score (nSPS) is 14.4. The topological polar surface area (TPSA) is 138 Å². The first-order valence-electron chi connectivity index (χ1n) is 12.9. The standard InChI is InChI=1S/C30H24N8O2/c1-17-20(4-2-12-32-17)29(39)37-23-9-6-18-16-19(7-8-21(18)23)38-27(22-5-3-13-33-26(22)31)35-24-10-11-25(36-28(24)38)30-34-14-15-40-30/h2-5,7-8,10-16,23H,6,9H2,1H3,(H2,31,33)(H,37,39)/t23-/m0/s1. The Kier molecular flexibility index (Phi) is 5.59. The van der Waals surface area contributed by atoms with Crippen molar-refractivity contribution in [2.75, 3.05) is 5.73 Å². The lowest BCUT2D eigenvalue weighted by molar-refractivity contribution is 0.0935. The van der Waals surface area contributed by atoms with Crippen LogP contribution in [-0.4, -0.2) is 35.4 Å². The van der Waals surface area contributed by atoms with Gasteiger partial charge in [-0.1, -0.05) is 6.07 Å². The fourth-order valence-corrected chi connectivity index (χ4v) is 5.31. The lowest BCUT2D eigenvalue weighted by Gasteiger charge is -2.16. The van der Waals surface area contributed by atoms with E-state index in [1.54, 1.807) is 30.7 Å². The smallest absolute Gasteiger partial charge is 0.253 e. The molecule has 0 saturated heterocycles. The first kappa shape index (κ1) is 23.7. The Morgan fingerprint density at radius 2 is 1.90 bits per heavy atom. The number of anilines is 1. The predicted molar refractivity (Wildman–Crippen MR) is 150 cm³/mol. The van der Waals surface area contributed by atoms with Crippen LogP contribution in [0.5, 0.6) is 0 Å². The van der Waals surface area contributed by atoms with Crippen molar-refractivity contribution in [1.82, 2.24) is 34.8 Å². The number of nitrogens with one attached hydrogen (secondary N) is 1. The number of carbonyl (C=O) groups excluding carboxylic acids is 1. The van der Waals surface area contributed by atoms with Gasteiger partial charge in [-0.2, -0.15) is 0 Å². The SMILES string of the molecule is Cc1ncccc1C(=O)N[C@H]1CCc2cc(-n3c(-c4cccnc4N)nc4ccc(-c5ncco5)nc43)ccc21. The van der Waals surface area contributed by atoms with Crippen molar-refractivity contribution in [2.45, 2.75) is 25.8 Å². The van der Waals surface area contributed by atoms with Gasteiger partial charge in [0.1, 0.15) is 23.3 Å². The van der Waals surface area contributed by atoms with Gasteiger partial charge in [0.2, 0.25) is 5.89 Å². The number of aryl methyl sites for hydroxylation is 2. The van der Waals surface area contributed by atoms with E-state index in [1.807, 2.05) is 41.8 Å². The summed E-state index contributed by atoms with van der Waals surface area (Å²) < 4.78 is 7.48. The Hall–Kier alpha value is -5.38. The van der Waals surface area contributed by atoms with Crippen LogP contribution in [0, 0.1) is 6.92 Å². The van der Waals surface area contributed by atoms with Crippen LogP contribution >= 0.6 is 0 Å². The number of pyridine rings is 3. The lowest BCUT2D eigenvalue weighted by atomic mass is 10.1. The van der Waals surface area contributed by atoms with Gasteiger partial charge in [-0.05, 0) is 79.4 Å². The molecule has 0 fully saturated rings. The number of nitrogens with zero attached hydrogens (tertiary/aromatic N) is 6. The van der Waals surface area contributed by atoms with Crippen LogP contribution in [0.2, 0.25) is 0 Å². The van der Waals surface area contributed by atoms with Crippen molar-refractivity contribution in [3.63, 3.8) is 0 Å². The second kappa shape index (κ2) is 9.42. The van der Waals surface area contributed by atoms with E-state index in [1.165, 1.54) is 6.26 Å². The molecule has 0 radical (unpaired) electrons. The summed E-state index contributed by atoms with van der Waals surface area (Å²) in [5, 5.41) is 3.19. The number of nitrogen functional groups attached to an aromatic ring is 1. The van der Waals surface area contributed by atoms with E-state index < -0.39 is 0 Å². The minimum absolute atomic E-state index is 0.0844. The van der Waals surface area contributed by atoms with Crippen LogP contribution < -0.4 is 11.1 Å². The molecule has 196 valence electrons. The van der Waals surface area contributed by atoms with Gasteiger partial charge >= 0.3 is 0 Å². The summed E-state index contributed by atoms with van der Waals surface area (Å²) in [6.45, 7) is 1.84. The maximum Gasteiger partial charge on any atom is 0.253 e. The zero-order chi connectivity index (χ0) is 27.2. The minimum atomic E-state index is -0.120. The maximum absolute atomic E-state index is 13.0. The average Bonchev–Trinajstić information content (AvgIpc) is 3.72. The summed E-state index contributed by atoms with van der Waals surface area (Å²) >= 11 is 0. The Bertz CT molecular complexity index is 1890. The van der Waals surface area contributed by atoms with E-state index >= 15 is 0 Å². The van der Waals surface area contributed by atoms with Crippen LogP contribution in [0.15, 0.2) is 83.9 Å². The van der Waals surface area contributed by atoms with E-state index in [0.29, 0.717) is 51.2 Å². The average molecular weight is 529 g/mol. The zero-order valence-corrected chi connectivity index (χ0v) is 21.6. The summed E-state index contributed by atoms with van der Waals surface area (Å²) in [7, 11) is 0. The number of hydrogen-bond donors (Lipinski definition) is 2. The van der Waals surface area contributed by atoms with Crippen molar-refractivity contribution in [3.05, 3.63) is 102 Å². The number of fused-ring (bicyclic) bond motifs is 2. The summed E-state index contributed by atoms with van der Waals surface area (Å²) in [5.41, 5.74) is 13.4. The van der Waals surface area contributed by atoms with Crippen LogP contribution in [-0.2, 0) is 6.42 Å².